The second kappa shape index (κ2) is 7.47. The van der Waals surface area contributed by atoms with Crippen LogP contribution >= 0.6 is 0 Å². The lowest BCUT2D eigenvalue weighted by atomic mass is 10.2. The van der Waals surface area contributed by atoms with E-state index in [1.807, 2.05) is 25.7 Å². The minimum atomic E-state index is -0.0152. The quantitative estimate of drug-likeness (QED) is 0.832. The summed E-state index contributed by atoms with van der Waals surface area (Å²) in [6.07, 6.45) is 4.98. The molecule has 6 heteroatoms. The first-order valence-electron chi connectivity index (χ1n) is 9.08. The molecule has 2 saturated heterocycles. The van der Waals surface area contributed by atoms with Crippen LogP contribution in [0.25, 0.3) is 0 Å². The molecule has 0 saturated carbocycles. The van der Waals surface area contributed by atoms with E-state index in [4.69, 9.17) is 4.74 Å². The van der Waals surface area contributed by atoms with E-state index in [-0.39, 0.29) is 18.1 Å². The number of rotatable bonds is 2. The molecule has 1 amide bonds. The molecule has 2 aliphatic rings. The van der Waals surface area contributed by atoms with Gasteiger partial charge in [-0.25, -0.2) is 9.97 Å². The van der Waals surface area contributed by atoms with Gasteiger partial charge in [0, 0.05) is 31.9 Å². The Kier molecular flexibility index (Phi) is 5.33. The maximum Gasteiger partial charge on any atom is 0.272 e. The number of carbonyl (C=O) groups excluding carboxylic acids is 1. The van der Waals surface area contributed by atoms with Gasteiger partial charge in [0.05, 0.1) is 12.2 Å². The van der Waals surface area contributed by atoms with Crippen molar-refractivity contribution in [1.82, 2.24) is 14.9 Å². The van der Waals surface area contributed by atoms with Gasteiger partial charge in [0.2, 0.25) is 5.95 Å². The number of anilines is 1. The van der Waals surface area contributed by atoms with Gasteiger partial charge in [-0.05, 0) is 39.7 Å². The fraction of sp³-hybridized carbons (Fsp3) is 0.722. The number of nitrogens with zero attached hydrogens (tertiary/aromatic N) is 4. The first-order valence-corrected chi connectivity index (χ1v) is 9.08. The summed E-state index contributed by atoms with van der Waals surface area (Å²) in [5, 5.41) is 0. The molecule has 0 aliphatic carbocycles. The number of hydrogen-bond donors (Lipinski definition) is 0. The van der Waals surface area contributed by atoms with Gasteiger partial charge >= 0.3 is 0 Å². The fourth-order valence-corrected chi connectivity index (χ4v) is 3.58. The number of morpholine rings is 1. The lowest BCUT2D eigenvalue weighted by molar-refractivity contribution is -0.0587. The first kappa shape index (κ1) is 17.1. The molecule has 2 atom stereocenters. The Hall–Kier alpha value is -1.69. The van der Waals surface area contributed by atoms with Crippen molar-refractivity contribution in [2.75, 3.05) is 31.1 Å². The van der Waals surface area contributed by atoms with Gasteiger partial charge in [-0.15, -0.1) is 0 Å². The largest absolute Gasteiger partial charge is 0.372 e. The van der Waals surface area contributed by atoms with Gasteiger partial charge in [0.1, 0.15) is 5.69 Å². The highest BCUT2D eigenvalue weighted by atomic mass is 16.5. The molecule has 0 N–H and O–H groups in total. The summed E-state index contributed by atoms with van der Waals surface area (Å²) >= 11 is 0. The zero-order valence-corrected chi connectivity index (χ0v) is 15.0. The van der Waals surface area contributed by atoms with E-state index in [1.165, 1.54) is 25.7 Å². The molecule has 3 heterocycles. The number of hydrogen-bond acceptors (Lipinski definition) is 5. The third kappa shape index (κ3) is 4.04. The Morgan fingerprint density at radius 1 is 1.08 bits per heavy atom. The summed E-state index contributed by atoms with van der Waals surface area (Å²) in [6.45, 7) is 9.12. The van der Waals surface area contributed by atoms with Gasteiger partial charge in [0.15, 0.2) is 0 Å². The second-order valence-corrected chi connectivity index (χ2v) is 7.06. The average Bonchev–Trinajstić information content (AvgIpc) is 2.82. The molecule has 0 radical (unpaired) electrons. The molecule has 1 aromatic rings. The Bertz CT molecular complexity index is 574. The topological polar surface area (TPSA) is 58.6 Å². The third-order valence-electron chi connectivity index (χ3n) is 4.66. The zero-order chi connectivity index (χ0) is 17.1. The van der Waals surface area contributed by atoms with Crippen molar-refractivity contribution in [2.45, 2.75) is 58.7 Å². The molecule has 2 fully saturated rings. The Morgan fingerprint density at radius 3 is 2.33 bits per heavy atom. The Morgan fingerprint density at radius 2 is 1.71 bits per heavy atom. The van der Waals surface area contributed by atoms with E-state index in [0.717, 1.165) is 18.8 Å². The molecule has 0 spiro atoms. The van der Waals surface area contributed by atoms with E-state index in [2.05, 4.69) is 14.9 Å². The molecule has 24 heavy (non-hydrogen) atoms. The Labute approximate surface area is 144 Å². The minimum Gasteiger partial charge on any atom is -0.372 e. The minimum absolute atomic E-state index is 0.0152. The molecule has 0 aromatic carbocycles. The molecule has 0 bridgehead atoms. The fourth-order valence-electron chi connectivity index (χ4n) is 3.58. The smallest absolute Gasteiger partial charge is 0.272 e. The normalized spacial score (nSPS) is 25.5. The van der Waals surface area contributed by atoms with Crippen LogP contribution in [-0.2, 0) is 4.74 Å². The van der Waals surface area contributed by atoms with E-state index in [0.29, 0.717) is 24.7 Å². The summed E-state index contributed by atoms with van der Waals surface area (Å²) in [5.41, 5.74) is 1.35. The predicted octanol–water partition coefficient (Wildman–Crippen LogP) is 2.41. The summed E-state index contributed by atoms with van der Waals surface area (Å²) < 4.78 is 5.72. The maximum atomic E-state index is 12.9. The lowest BCUT2D eigenvalue weighted by Gasteiger charge is -2.35. The van der Waals surface area contributed by atoms with Crippen molar-refractivity contribution in [1.29, 1.82) is 0 Å². The maximum absolute atomic E-state index is 12.9. The molecular formula is C18H28N4O2. The van der Waals surface area contributed by atoms with Gasteiger partial charge < -0.3 is 14.5 Å². The van der Waals surface area contributed by atoms with E-state index in [1.54, 1.807) is 6.07 Å². The second-order valence-electron chi connectivity index (χ2n) is 7.06. The molecule has 6 nitrogen and oxygen atoms in total. The van der Waals surface area contributed by atoms with E-state index >= 15 is 0 Å². The van der Waals surface area contributed by atoms with Crippen molar-refractivity contribution < 1.29 is 9.53 Å². The van der Waals surface area contributed by atoms with Crippen LogP contribution < -0.4 is 4.90 Å². The number of aryl methyl sites for hydroxylation is 1. The van der Waals surface area contributed by atoms with Crippen molar-refractivity contribution >= 4 is 11.9 Å². The van der Waals surface area contributed by atoms with Crippen molar-refractivity contribution in [3.05, 3.63) is 17.5 Å². The van der Waals surface area contributed by atoms with E-state index in [9.17, 15) is 4.79 Å². The average molecular weight is 332 g/mol. The van der Waals surface area contributed by atoms with Crippen LogP contribution in [0, 0.1) is 6.92 Å². The van der Waals surface area contributed by atoms with Gasteiger partial charge in [-0.2, -0.15) is 0 Å². The Balaban J connectivity index is 1.81. The molecule has 132 valence electrons. The zero-order valence-electron chi connectivity index (χ0n) is 15.0. The van der Waals surface area contributed by atoms with Crippen LogP contribution in [-0.4, -0.2) is 59.2 Å². The van der Waals surface area contributed by atoms with Gasteiger partial charge in [-0.1, -0.05) is 12.8 Å². The highest BCUT2D eigenvalue weighted by Crippen LogP contribution is 2.19. The summed E-state index contributed by atoms with van der Waals surface area (Å²) in [4.78, 5) is 26.2. The standard InChI is InChI=1S/C18H28N4O2/c1-13-10-16(17(23)22-11-14(2)24-15(3)12-22)20-18(19-13)21-8-6-4-5-7-9-21/h10,14-15H,4-9,11-12H2,1-3H3/t14-,15-/m1/s1. The van der Waals surface area contributed by atoms with Crippen LogP contribution in [0.3, 0.4) is 0 Å². The summed E-state index contributed by atoms with van der Waals surface area (Å²) in [6, 6.07) is 1.80. The van der Waals surface area contributed by atoms with Crippen molar-refractivity contribution in [3.63, 3.8) is 0 Å². The van der Waals surface area contributed by atoms with Gasteiger partial charge in [-0.3, -0.25) is 4.79 Å². The monoisotopic (exact) mass is 332 g/mol. The van der Waals surface area contributed by atoms with Crippen LogP contribution in [0.15, 0.2) is 6.07 Å². The molecular weight excluding hydrogens is 304 g/mol. The van der Waals surface area contributed by atoms with Crippen LogP contribution in [0.1, 0.15) is 55.7 Å². The number of amides is 1. The molecule has 1 aromatic heterocycles. The highest BCUT2D eigenvalue weighted by Gasteiger charge is 2.28. The SMILES string of the molecule is Cc1cc(C(=O)N2C[C@@H](C)O[C@H](C)C2)nc(N2CCCCCC2)n1. The van der Waals surface area contributed by atoms with Crippen molar-refractivity contribution in [3.8, 4) is 0 Å². The van der Waals surface area contributed by atoms with Gasteiger partial charge in [0.25, 0.3) is 5.91 Å². The predicted molar refractivity (Wildman–Crippen MR) is 93.4 cm³/mol. The molecule has 0 unspecified atom stereocenters. The summed E-state index contributed by atoms with van der Waals surface area (Å²) in [5.74, 6) is 0.688. The van der Waals surface area contributed by atoms with Crippen LogP contribution in [0.5, 0.6) is 0 Å². The van der Waals surface area contributed by atoms with Crippen LogP contribution in [0.2, 0.25) is 0 Å². The summed E-state index contributed by atoms with van der Waals surface area (Å²) in [7, 11) is 0. The number of ether oxygens (including phenoxy) is 1. The van der Waals surface area contributed by atoms with Crippen molar-refractivity contribution in [2.24, 2.45) is 0 Å². The first-order chi connectivity index (χ1) is 11.5. The number of aromatic nitrogens is 2. The molecule has 2 aliphatic heterocycles. The third-order valence-corrected chi connectivity index (χ3v) is 4.66. The number of carbonyl (C=O) groups is 1. The van der Waals surface area contributed by atoms with Crippen LogP contribution in [0.4, 0.5) is 5.95 Å². The molecule has 3 rings (SSSR count). The van der Waals surface area contributed by atoms with E-state index < -0.39 is 0 Å². The highest BCUT2D eigenvalue weighted by molar-refractivity contribution is 5.92. The lowest BCUT2D eigenvalue weighted by Crippen LogP contribution is -2.48.